The molecule has 0 aliphatic carbocycles. The van der Waals surface area contributed by atoms with Crippen LogP contribution < -0.4 is 10.2 Å². The number of hydrogen-bond acceptors (Lipinski definition) is 3. The molecular formula is C16H26FN3. The lowest BCUT2D eigenvalue weighted by Crippen LogP contribution is -2.35. The number of nitrogens with zero attached hydrogens (tertiary/aromatic N) is 2. The lowest BCUT2D eigenvalue weighted by molar-refractivity contribution is 0.390. The van der Waals surface area contributed by atoms with E-state index in [1.165, 1.54) is 6.42 Å². The van der Waals surface area contributed by atoms with E-state index in [1.54, 1.807) is 12.3 Å². The van der Waals surface area contributed by atoms with Crippen molar-refractivity contribution in [2.24, 2.45) is 5.92 Å². The van der Waals surface area contributed by atoms with Gasteiger partial charge in [-0.25, -0.2) is 9.37 Å². The van der Waals surface area contributed by atoms with Crippen molar-refractivity contribution < 1.29 is 4.39 Å². The van der Waals surface area contributed by atoms with Gasteiger partial charge in [-0.05, 0) is 37.8 Å². The van der Waals surface area contributed by atoms with E-state index < -0.39 is 0 Å². The number of nitrogens with one attached hydrogen (secondary N) is 1. The zero-order valence-corrected chi connectivity index (χ0v) is 12.7. The maximum Gasteiger partial charge on any atom is 0.170 e. The molecule has 1 aromatic rings. The van der Waals surface area contributed by atoms with Crippen LogP contribution >= 0.6 is 0 Å². The summed E-state index contributed by atoms with van der Waals surface area (Å²) in [5.74, 6) is 1.19. The molecule has 0 radical (unpaired) electrons. The summed E-state index contributed by atoms with van der Waals surface area (Å²) in [7, 11) is 0. The van der Waals surface area contributed by atoms with Crippen LogP contribution in [0.25, 0.3) is 0 Å². The van der Waals surface area contributed by atoms with E-state index in [1.807, 2.05) is 0 Å². The Labute approximate surface area is 121 Å². The number of anilines is 1. The van der Waals surface area contributed by atoms with E-state index in [0.717, 1.165) is 50.4 Å². The van der Waals surface area contributed by atoms with E-state index >= 15 is 0 Å². The molecule has 1 aliphatic heterocycles. The Morgan fingerprint density at radius 1 is 1.35 bits per heavy atom. The molecule has 1 saturated heterocycles. The van der Waals surface area contributed by atoms with Crippen LogP contribution in [0.3, 0.4) is 0 Å². The summed E-state index contributed by atoms with van der Waals surface area (Å²) in [5.41, 5.74) is 0.723. The van der Waals surface area contributed by atoms with Crippen LogP contribution in [-0.2, 0) is 6.54 Å². The van der Waals surface area contributed by atoms with E-state index in [2.05, 4.69) is 29.0 Å². The van der Waals surface area contributed by atoms with Crippen LogP contribution in [-0.4, -0.2) is 24.6 Å². The molecule has 2 rings (SSSR count). The molecule has 112 valence electrons. The summed E-state index contributed by atoms with van der Waals surface area (Å²) < 4.78 is 14.5. The minimum absolute atomic E-state index is 0.147. The van der Waals surface area contributed by atoms with Gasteiger partial charge in [0.1, 0.15) is 0 Å². The predicted molar refractivity (Wildman–Crippen MR) is 81.4 cm³/mol. The third kappa shape index (κ3) is 3.69. The molecule has 4 heteroatoms. The second-order valence-electron chi connectivity index (χ2n) is 5.62. The molecule has 0 saturated carbocycles. The van der Waals surface area contributed by atoms with Gasteiger partial charge in [-0.1, -0.05) is 20.3 Å². The van der Waals surface area contributed by atoms with Crippen LogP contribution in [0.15, 0.2) is 12.3 Å². The fraction of sp³-hybridized carbons (Fsp3) is 0.688. The van der Waals surface area contributed by atoms with Crippen molar-refractivity contribution in [3.63, 3.8) is 0 Å². The molecule has 2 heterocycles. The molecule has 0 unspecified atom stereocenters. The average Bonchev–Trinajstić information content (AvgIpc) is 2.49. The highest BCUT2D eigenvalue weighted by Crippen LogP contribution is 2.26. The standard InChI is InChI=1S/C16H26FN3/c1-3-8-18-12-14-5-9-19-16(15(14)17)20-10-6-13(4-2)7-11-20/h5,9,13,18H,3-4,6-8,10-12H2,1-2H3. The van der Waals surface area contributed by atoms with Crippen molar-refractivity contribution >= 4 is 5.82 Å². The van der Waals surface area contributed by atoms with Crippen LogP contribution in [0.4, 0.5) is 10.2 Å². The number of pyridine rings is 1. The van der Waals surface area contributed by atoms with Crippen LogP contribution in [0.2, 0.25) is 0 Å². The number of aromatic nitrogens is 1. The Bertz CT molecular complexity index is 414. The van der Waals surface area contributed by atoms with E-state index in [-0.39, 0.29) is 5.82 Å². The first-order valence-corrected chi connectivity index (χ1v) is 7.85. The van der Waals surface area contributed by atoms with Crippen molar-refractivity contribution in [3.8, 4) is 0 Å². The topological polar surface area (TPSA) is 28.2 Å². The summed E-state index contributed by atoms with van der Waals surface area (Å²) in [6, 6.07) is 1.78. The highest BCUT2D eigenvalue weighted by atomic mass is 19.1. The fourth-order valence-corrected chi connectivity index (χ4v) is 2.78. The van der Waals surface area contributed by atoms with E-state index in [4.69, 9.17) is 0 Å². The second-order valence-corrected chi connectivity index (χ2v) is 5.62. The Hall–Kier alpha value is -1.16. The lowest BCUT2D eigenvalue weighted by Gasteiger charge is -2.32. The molecule has 3 nitrogen and oxygen atoms in total. The zero-order valence-electron chi connectivity index (χ0n) is 12.7. The summed E-state index contributed by atoms with van der Waals surface area (Å²) in [6.07, 6.45) is 6.31. The van der Waals surface area contributed by atoms with Gasteiger partial charge in [-0.2, -0.15) is 0 Å². The van der Waals surface area contributed by atoms with Crippen LogP contribution in [0.1, 0.15) is 45.1 Å². The van der Waals surface area contributed by atoms with E-state index in [0.29, 0.717) is 12.4 Å². The molecule has 0 bridgehead atoms. The minimum atomic E-state index is -0.147. The van der Waals surface area contributed by atoms with Gasteiger partial charge < -0.3 is 10.2 Å². The SMILES string of the molecule is CCCNCc1ccnc(N2CCC(CC)CC2)c1F. The first-order chi connectivity index (χ1) is 9.76. The minimum Gasteiger partial charge on any atom is -0.354 e. The molecule has 1 aliphatic rings. The van der Waals surface area contributed by atoms with Crippen molar-refractivity contribution in [3.05, 3.63) is 23.6 Å². The summed E-state index contributed by atoms with van der Waals surface area (Å²) >= 11 is 0. The molecule has 0 spiro atoms. The highest BCUT2D eigenvalue weighted by Gasteiger charge is 2.22. The maximum atomic E-state index is 14.5. The summed E-state index contributed by atoms with van der Waals surface area (Å²) in [5, 5.41) is 3.25. The van der Waals surface area contributed by atoms with Gasteiger partial charge in [-0.15, -0.1) is 0 Å². The van der Waals surface area contributed by atoms with Crippen molar-refractivity contribution in [1.29, 1.82) is 0 Å². The number of piperidine rings is 1. The van der Waals surface area contributed by atoms with Gasteiger partial charge in [0.05, 0.1) is 0 Å². The zero-order chi connectivity index (χ0) is 14.4. The van der Waals surface area contributed by atoms with Gasteiger partial charge >= 0.3 is 0 Å². The van der Waals surface area contributed by atoms with Gasteiger partial charge in [-0.3, -0.25) is 0 Å². The quantitative estimate of drug-likeness (QED) is 0.809. The third-order valence-electron chi connectivity index (χ3n) is 4.18. The van der Waals surface area contributed by atoms with Gasteiger partial charge in [0.2, 0.25) is 0 Å². The Morgan fingerprint density at radius 2 is 2.10 bits per heavy atom. The number of rotatable bonds is 6. The van der Waals surface area contributed by atoms with Gasteiger partial charge in [0, 0.05) is 31.4 Å². The number of hydrogen-bond donors (Lipinski definition) is 1. The van der Waals surface area contributed by atoms with Crippen molar-refractivity contribution in [2.45, 2.75) is 46.1 Å². The molecule has 1 fully saturated rings. The predicted octanol–water partition coefficient (Wildman–Crippen LogP) is 3.35. The Morgan fingerprint density at radius 3 is 2.75 bits per heavy atom. The molecular weight excluding hydrogens is 253 g/mol. The third-order valence-corrected chi connectivity index (χ3v) is 4.18. The molecule has 1 aromatic heterocycles. The monoisotopic (exact) mass is 279 g/mol. The van der Waals surface area contributed by atoms with E-state index in [9.17, 15) is 4.39 Å². The molecule has 0 amide bonds. The highest BCUT2D eigenvalue weighted by molar-refractivity contribution is 5.43. The normalized spacial score (nSPS) is 16.6. The van der Waals surface area contributed by atoms with Crippen molar-refractivity contribution in [2.75, 3.05) is 24.5 Å². The molecule has 0 atom stereocenters. The van der Waals surface area contributed by atoms with Gasteiger partial charge in [0.25, 0.3) is 0 Å². The van der Waals surface area contributed by atoms with Gasteiger partial charge in [0.15, 0.2) is 11.6 Å². The number of halogens is 1. The largest absolute Gasteiger partial charge is 0.354 e. The smallest absolute Gasteiger partial charge is 0.170 e. The molecule has 0 aromatic carbocycles. The molecule has 20 heavy (non-hydrogen) atoms. The second kappa shape index (κ2) is 7.58. The van der Waals surface area contributed by atoms with Crippen LogP contribution in [0, 0.1) is 11.7 Å². The molecule has 1 N–H and O–H groups in total. The fourth-order valence-electron chi connectivity index (χ4n) is 2.78. The lowest BCUT2D eigenvalue weighted by atomic mass is 9.94. The van der Waals surface area contributed by atoms with Crippen molar-refractivity contribution in [1.82, 2.24) is 10.3 Å². The first-order valence-electron chi connectivity index (χ1n) is 7.85. The van der Waals surface area contributed by atoms with Crippen LogP contribution in [0.5, 0.6) is 0 Å². The Kier molecular flexibility index (Phi) is 5.77. The first kappa shape index (κ1) is 15.2. The Balaban J connectivity index is 2.03. The summed E-state index contributed by atoms with van der Waals surface area (Å²) in [6.45, 7) is 7.69. The maximum absolute atomic E-state index is 14.5. The summed E-state index contributed by atoms with van der Waals surface area (Å²) in [4.78, 5) is 6.37. The average molecular weight is 279 g/mol.